The van der Waals surface area contributed by atoms with Crippen molar-refractivity contribution in [3.05, 3.63) is 59.4 Å². The van der Waals surface area contributed by atoms with Gasteiger partial charge in [0.15, 0.2) is 0 Å². The van der Waals surface area contributed by atoms with Crippen molar-refractivity contribution in [2.45, 2.75) is 23.3 Å². The summed E-state index contributed by atoms with van der Waals surface area (Å²) in [5, 5.41) is 0.170. The topological polar surface area (TPSA) is 59.1 Å². The Bertz CT molecular complexity index is 719. The van der Waals surface area contributed by atoms with E-state index in [9.17, 15) is 8.42 Å². The molecule has 1 heterocycles. The quantitative estimate of drug-likeness (QED) is 0.883. The Labute approximate surface area is 122 Å². The van der Waals surface area contributed by atoms with Crippen LogP contribution in [-0.4, -0.2) is 19.4 Å². The summed E-state index contributed by atoms with van der Waals surface area (Å²) in [4.78, 5) is 3.93. The third-order valence-electron chi connectivity index (χ3n) is 3.33. The molecular weight excluding hydrogens is 296 g/mol. The van der Waals surface area contributed by atoms with E-state index in [1.165, 1.54) is 18.3 Å². The van der Waals surface area contributed by atoms with Crippen molar-refractivity contribution in [2.75, 3.05) is 0 Å². The molecule has 2 atom stereocenters. The van der Waals surface area contributed by atoms with Gasteiger partial charge in [0.2, 0.25) is 10.0 Å². The highest BCUT2D eigenvalue weighted by atomic mass is 35.5. The summed E-state index contributed by atoms with van der Waals surface area (Å²) in [6, 6.07) is 12.6. The number of hydrogen-bond acceptors (Lipinski definition) is 3. The van der Waals surface area contributed by atoms with E-state index in [-0.39, 0.29) is 22.0 Å². The lowest BCUT2D eigenvalue weighted by Gasteiger charge is -2.06. The van der Waals surface area contributed by atoms with E-state index in [0.717, 1.165) is 12.0 Å². The molecule has 2 unspecified atom stereocenters. The molecule has 0 radical (unpaired) electrons. The molecule has 1 aromatic carbocycles. The van der Waals surface area contributed by atoms with Crippen molar-refractivity contribution in [3.63, 3.8) is 0 Å². The molecule has 3 rings (SSSR count). The molecular formula is C14H13ClN2O2S. The Kier molecular flexibility index (Phi) is 3.50. The van der Waals surface area contributed by atoms with E-state index in [1.807, 2.05) is 30.3 Å². The molecule has 4 nitrogen and oxygen atoms in total. The Morgan fingerprint density at radius 3 is 2.65 bits per heavy atom. The molecule has 104 valence electrons. The number of hydrogen-bond donors (Lipinski definition) is 1. The smallest absolute Gasteiger partial charge is 0.241 e. The van der Waals surface area contributed by atoms with E-state index in [1.54, 1.807) is 0 Å². The Morgan fingerprint density at radius 2 is 1.95 bits per heavy atom. The highest BCUT2D eigenvalue weighted by Gasteiger charge is 2.41. The normalized spacial score (nSPS) is 21.6. The van der Waals surface area contributed by atoms with Crippen LogP contribution in [0.4, 0.5) is 0 Å². The van der Waals surface area contributed by atoms with Crippen LogP contribution in [0.1, 0.15) is 17.9 Å². The number of benzene rings is 1. The van der Waals surface area contributed by atoms with Crippen molar-refractivity contribution in [3.8, 4) is 0 Å². The summed E-state index contributed by atoms with van der Waals surface area (Å²) in [5.41, 5.74) is 1.16. The first-order valence-corrected chi connectivity index (χ1v) is 8.11. The molecule has 0 spiro atoms. The second kappa shape index (κ2) is 5.16. The minimum Gasteiger partial charge on any atom is -0.244 e. The molecule has 2 aromatic rings. The van der Waals surface area contributed by atoms with Crippen molar-refractivity contribution in [1.82, 2.24) is 9.71 Å². The zero-order valence-electron chi connectivity index (χ0n) is 10.5. The van der Waals surface area contributed by atoms with Gasteiger partial charge in [-0.15, -0.1) is 0 Å². The van der Waals surface area contributed by atoms with Gasteiger partial charge < -0.3 is 0 Å². The first-order chi connectivity index (χ1) is 9.56. The third kappa shape index (κ3) is 2.85. The first-order valence-electron chi connectivity index (χ1n) is 6.25. The molecule has 1 aliphatic carbocycles. The summed E-state index contributed by atoms with van der Waals surface area (Å²) in [7, 11) is -3.53. The highest BCUT2D eigenvalue weighted by molar-refractivity contribution is 7.89. The van der Waals surface area contributed by atoms with Crippen molar-refractivity contribution in [1.29, 1.82) is 0 Å². The second-order valence-electron chi connectivity index (χ2n) is 4.79. The van der Waals surface area contributed by atoms with E-state index in [0.29, 0.717) is 0 Å². The number of nitrogens with one attached hydrogen (secondary N) is 1. The van der Waals surface area contributed by atoms with Crippen molar-refractivity contribution >= 4 is 21.6 Å². The average molecular weight is 309 g/mol. The predicted molar refractivity (Wildman–Crippen MR) is 77.2 cm³/mol. The predicted octanol–water partition coefficient (Wildman–Crippen LogP) is 2.57. The SMILES string of the molecule is O=S(=O)(NC1CC1c1ccccc1)c1ccnc(Cl)c1. The van der Waals surface area contributed by atoms with Crippen molar-refractivity contribution in [2.24, 2.45) is 0 Å². The maximum atomic E-state index is 12.2. The molecule has 0 amide bonds. The van der Waals surface area contributed by atoms with Gasteiger partial charge in [0, 0.05) is 18.2 Å². The molecule has 20 heavy (non-hydrogen) atoms. The molecule has 0 bridgehead atoms. The fourth-order valence-electron chi connectivity index (χ4n) is 2.21. The molecule has 1 aliphatic rings. The van der Waals surface area contributed by atoms with Gasteiger partial charge in [0.25, 0.3) is 0 Å². The summed E-state index contributed by atoms with van der Waals surface area (Å²) < 4.78 is 27.1. The average Bonchev–Trinajstić information content (AvgIpc) is 3.18. The number of pyridine rings is 1. The van der Waals surface area contributed by atoms with Crippen LogP contribution in [0.3, 0.4) is 0 Å². The van der Waals surface area contributed by atoms with Gasteiger partial charge >= 0.3 is 0 Å². The zero-order chi connectivity index (χ0) is 14.2. The van der Waals surface area contributed by atoms with Crippen molar-refractivity contribution < 1.29 is 8.42 Å². The molecule has 1 saturated carbocycles. The van der Waals surface area contributed by atoms with Gasteiger partial charge in [0.1, 0.15) is 5.15 Å². The van der Waals surface area contributed by atoms with Gasteiger partial charge in [0.05, 0.1) is 4.90 Å². The van der Waals surface area contributed by atoms with Crippen LogP contribution in [0.5, 0.6) is 0 Å². The molecule has 1 N–H and O–H groups in total. The minimum absolute atomic E-state index is 0.0469. The fraction of sp³-hybridized carbons (Fsp3) is 0.214. The summed E-state index contributed by atoms with van der Waals surface area (Å²) in [5.74, 6) is 0.253. The monoisotopic (exact) mass is 308 g/mol. The maximum Gasteiger partial charge on any atom is 0.241 e. The Morgan fingerprint density at radius 1 is 1.20 bits per heavy atom. The third-order valence-corrected chi connectivity index (χ3v) is 5.03. The molecule has 0 saturated heterocycles. The van der Waals surface area contributed by atoms with Crippen LogP contribution in [0.15, 0.2) is 53.6 Å². The van der Waals surface area contributed by atoms with E-state index >= 15 is 0 Å². The Hall–Kier alpha value is -1.43. The lowest BCUT2D eigenvalue weighted by Crippen LogP contribution is -2.26. The lowest BCUT2D eigenvalue weighted by atomic mass is 10.1. The van der Waals surface area contributed by atoms with Gasteiger partial charge in [-0.3, -0.25) is 0 Å². The summed E-state index contributed by atoms with van der Waals surface area (Å²) >= 11 is 5.72. The van der Waals surface area contributed by atoms with Crippen LogP contribution < -0.4 is 4.72 Å². The van der Waals surface area contributed by atoms with E-state index < -0.39 is 10.0 Å². The fourth-order valence-corrected chi connectivity index (χ4v) is 3.75. The number of sulfonamides is 1. The maximum absolute atomic E-state index is 12.2. The summed E-state index contributed by atoms with van der Waals surface area (Å²) in [6.45, 7) is 0. The second-order valence-corrected chi connectivity index (χ2v) is 6.90. The van der Waals surface area contributed by atoms with Crippen LogP contribution in [0, 0.1) is 0 Å². The number of rotatable bonds is 4. The lowest BCUT2D eigenvalue weighted by molar-refractivity contribution is 0.580. The van der Waals surface area contributed by atoms with E-state index in [4.69, 9.17) is 11.6 Å². The van der Waals surface area contributed by atoms with Crippen LogP contribution in [-0.2, 0) is 10.0 Å². The highest BCUT2D eigenvalue weighted by Crippen LogP contribution is 2.41. The van der Waals surface area contributed by atoms with Gasteiger partial charge in [-0.25, -0.2) is 18.1 Å². The minimum atomic E-state index is -3.53. The largest absolute Gasteiger partial charge is 0.244 e. The van der Waals surface area contributed by atoms with Gasteiger partial charge in [-0.1, -0.05) is 41.9 Å². The standard InChI is InChI=1S/C14H13ClN2O2S/c15-14-8-11(6-7-16-14)20(18,19)17-13-9-12(13)10-4-2-1-3-5-10/h1-8,12-13,17H,9H2. The first kappa shape index (κ1) is 13.5. The number of aromatic nitrogens is 1. The van der Waals surface area contributed by atoms with Crippen LogP contribution >= 0.6 is 11.6 Å². The molecule has 1 aromatic heterocycles. The number of nitrogens with zero attached hydrogens (tertiary/aromatic N) is 1. The molecule has 1 fully saturated rings. The summed E-state index contributed by atoms with van der Waals surface area (Å²) in [6.07, 6.45) is 2.21. The molecule has 6 heteroatoms. The van der Waals surface area contributed by atoms with E-state index in [2.05, 4.69) is 9.71 Å². The van der Waals surface area contributed by atoms with Gasteiger partial charge in [-0.2, -0.15) is 0 Å². The number of halogens is 1. The Balaban J connectivity index is 1.73. The van der Waals surface area contributed by atoms with Crippen LogP contribution in [0.25, 0.3) is 0 Å². The van der Waals surface area contributed by atoms with Gasteiger partial charge in [-0.05, 0) is 24.1 Å². The zero-order valence-corrected chi connectivity index (χ0v) is 12.1. The molecule has 0 aliphatic heterocycles. The van der Waals surface area contributed by atoms with Crippen LogP contribution in [0.2, 0.25) is 5.15 Å².